The van der Waals surface area contributed by atoms with Crippen molar-refractivity contribution in [1.82, 2.24) is 4.57 Å². The van der Waals surface area contributed by atoms with E-state index >= 15 is 0 Å². The second-order valence-electron chi connectivity index (χ2n) is 4.58. The Balaban J connectivity index is 2.91. The van der Waals surface area contributed by atoms with Crippen LogP contribution in [0.3, 0.4) is 0 Å². The van der Waals surface area contributed by atoms with E-state index < -0.39 is 5.54 Å². The average molecular weight is 226 g/mol. The maximum absolute atomic E-state index is 11.9. The second-order valence-corrected chi connectivity index (χ2v) is 4.98. The molecular weight excluding hydrogens is 214 g/mol. The first-order valence-electron chi connectivity index (χ1n) is 4.80. The van der Waals surface area contributed by atoms with Crippen molar-refractivity contribution in [3.63, 3.8) is 0 Å². The van der Waals surface area contributed by atoms with E-state index in [0.29, 0.717) is 22.7 Å². The number of hydrogen-bond donors (Lipinski definition) is 0. The number of ketones is 1. The fraction of sp³-hybridized carbons (Fsp3) is 0.455. The number of aryl methyl sites for hydroxylation is 1. The van der Waals surface area contributed by atoms with Gasteiger partial charge in [0.1, 0.15) is 5.69 Å². The van der Waals surface area contributed by atoms with Gasteiger partial charge in [-0.25, -0.2) is 0 Å². The number of rotatable bonds is 0. The van der Waals surface area contributed by atoms with Crippen LogP contribution in [0.5, 0.6) is 0 Å². The van der Waals surface area contributed by atoms with Gasteiger partial charge in [0.05, 0.1) is 10.6 Å². The Labute approximate surface area is 92.7 Å². The molecule has 4 heteroatoms. The normalized spacial score (nSPS) is 18.0. The zero-order chi connectivity index (χ0) is 11.4. The van der Waals surface area contributed by atoms with E-state index in [-0.39, 0.29) is 11.3 Å². The molecule has 0 aliphatic carbocycles. The minimum absolute atomic E-state index is 0.0536. The Kier molecular flexibility index (Phi) is 2.05. The Morgan fingerprint density at radius 1 is 1.40 bits per heavy atom. The zero-order valence-corrected chi connectivity index (χ0v) is 9.68. The molecule has 1 aliphatic heterocycles. The van der Waals surface area contributed by atoms with E-state index in [1.807, 2.05) is 13.8 Å². The number of halogens is 1. The van der Waals surface area contributed by atoms with Crippen molar-refractivity contribution in [2.24, 2.45) is 0 Å². The van der Waals surface area contributed by atoms with Crippen LogP contribution in [0.15, 0.2) is 10.9 Å². The summed E-state index contributed by atoms with van der Waals surface area (Å²) in [5, 5.41) is 0.377. The van der Waals surface area contributed by atoms with Crippen LogP contribution in [0.2, 0.25) is 5.02 Å². The van der Waals surface area contributed by atoms with Gasteiger partial charge in [-0.15, -0.1) is 0 Å². The fourth-order valence-electron chi connectivity index (χ4n) is 2.10. The molecule has 0 saturated carbocycles. The molecular formula is C11H12ClNO2. The molecule has 0 N–H and O–H groups in total. The van der Waals surface area contributed by atoms with Crippen LogP contribution in [-0.4, -0.2) is 10.4 Å². The van der Waals surface area contributed by atoms with E-state index in [1.54, 1.807) is 13.0 Å². The van der Waals surface area contributed by atoms with Crippen molar-refractivity contribution in [3.05, 3.63) is 32.7 Å². The quantitative estimate of drug-likeness (QED) is 0.679. The Morgan fingerprint density at radius 3 is 2.60 bits per heavy atom. The van der Waals surface area contributed by atoms with Crippen molar-refractivity contribution in [1.29, 1.82) is 0 Å². The Morgan fingerprint density at radius 2 is 2.00 bits per heavy atom. The third kappa shape index (κ3) is 1.34. The van der Waals surface area contributed by atoms with Crippen molar-refractivity contribution >= 4 is 17.4 Å². The van der Waals surface area contributed by atoms with E-state index in [2.05, 4.69) is 0 Å². The summed E-state index contributed by atoms with van der Waals surface area (Å²) in [7, 11) is 0. The van der Waals surface area contributed by atoms with Gasteiger partial charge in [-0.3, -0.25) is 14.2 Å². The van der Waals surface area contributed by atoms with Gasteiger partial charge in [-0.1, -0.05) is 11.6 Å². The maximum Gasteiger partial charge on any atom is 0.254 e. The molecule has 1 aromatic heterocycles. The van der Waals surface area contributed by atoms with Crippen LogP contribution >= 0.6 is 11.6 Å². The standard InChI is InChI=1S/C11H12ClNO2/c1-6-4-7(12)9-8(14)5-11(2,3)13(9)10(6)15/h4H,5H2,1-3H3. The van der Waals surface area contributed by atoms with Gasteiger partial charge in [0.15, 0.2) is 5.78 Å². The molecule has 80 valence electrons. The molecule has 0 atom stereocenters. The van der Waals surface area contributed by atoms with Crippen LogP contribution in [-0.2, 0) is 5.54 Å². The highest BCUT2D eigenvalue weighted by Crippen LogP contribution is 2.33. The van der Waals surface area contributed by atoms with Crippen LogP contribution in [0.1, 0.15) is 36.3 Å². The number of hydrogen-bond acceptors (Lipinski definition) is 2. The fourth-order valence-corrected chi connectivity index (χ4v) is 2.45. The van der Waals surface area contributed by atoms with Crippen LogP contribution < -0.4 is 5.56 Å². The number of carbonyl (C=O) groups is 1. The highest BCUT2D eigenvalue weighted by molar-refractivity contribution is 6.34. The van der Waals surface area contributed by atoms with Crippen LogP contribution in [0.25, 0.3) is 0 Å². The number of nitrogens with zero attached hydrogens (tertiary/aromatic N) is 1. The highest BCUT2D eigenvalue weighted by Gasteiger charge is 2.38. The summed E-state index contributed by atoms with van der Waals surface area (Å²) < 4.78 is 1.52. The molecule has 0 spiro atoms. The van der Waals surface area contributed by atoms with Crippen molar-refractivity contribution in [3.8, 4) is 0 Å². The summed E-state index contributed by atoms with van der Waals surface area (Å²) in [6, 6.07) is 1.56. The van der Waals surface area contributed by atoms with Gasteiger partial charge in [-0.2, -0.15) is 0 Å². The summed E-state index contributed by atoms with van der Waals surface area (Å²) in [6.45, 7) is 5.46. The van der Waals surface area contributed by atoms with Crippen LogP contribution in [0.4, 0.5) is 0 Å². The lowest BCUT2D eigenvalue weighted by Crippen LogP contribution is -2.34. The maximum atomic E-state index is 11.9. The molecule has 0 radical (unpaired) electrons. The van der Waals surface area contributed by atoms with Gasteiger partial charge in [0.2, 0.25) is 0 Å². The summed E-state index contributed by atoms with van der Waals surface area (Å²) in [4.78, 5) is 23.6. The molecule has 0 saturated heterocycles. The molecule has 3 nitrogen and oxygen atoms in total. The predicted molar refractivity (Wildman–Crippen MR) is 58.7 cm³/mol. The zero-order valence-electron chi connectivity index (χ0n) is 8.93. The molecule has 1 aromatic rings. The molecule has 0 amide bonds. The minimum atomic E-state index is -0.459. The number of pyridine rings is 1. The van der Waals surface area contributed by atoms with E-state index in [9.17, 15) is 9.59 Å². The SMILES string of the molecule is Cc1cc(Cl)c2n(c1=O)C(C)(C)CC2=O. The molecule has 15 heavy (non-hydrogen) atoms. The van der Waals surface area contributed by atoms with E-state index in [1.165, 1.54) is 4.57 Å². The third-order valence-electron chi connectivity index (χ3n) is 2.80. The Hall–Kier alpha value is -1.09. The smallest absolute Gasteiger partial charge is 0.254 e. The lowest BCUT2D eigenvalue weighted by molar-refractivity contribution is 0.0978. The van der Waals surface area contributed by atoms with Gasteiger partial charge < -0.3 is 0 Å². The van der Waals surface area contributed by atoms with Crippen molar-refractivity contribution in [2.75, 3.05) is 0 Å². The first kappa shape index (κ1) is 10.4. The number of fused-ring (bicyclic) bond motifs is 1. The summed E-state index contributed by atoms with van der Waals surface area (Å²) >= 11 is 5.99. The molecule has 1 aliphatic rings. The molecule has 2 heterocycles. The molecule has 0 fully saturated rings. The van der Waals surface area contributed by atoms with Gasteiger partial charge >= 0.3 is 0 Å². The lowest BCUT2D eigenvalue weighted by atomic mass is 10.0. The summed E-state index contributed by atoms with van der Waals surface area (Å²) in [5.74, 6) is -0.0536. The highest BCUT2D eigenvalue weighted by atomic mass is 35.5. The molecule has 0 bridgehead atoms. The molecule has 0 aromatic carbocycles. The van der Waals surface area contributed by atoms with E-state index in [0.717, 1.165) is 0 Å². The lowest BCUT2D eigenvalue weighted by Gasteiger charge is -2.21. The minimum Gasteiger partial charge on any atom is -0.298 e. The first-order chi connectivity index (χ1) is 6.84. The van der Waals surface area contributed by atoms with Crippen molar-refractivity contribution in [2.45, 2.75) is 32.7 Å². The average Bonchev–Trinajstić information content (AvgIpc) is 2.32. The van der Waals surface area contributed by atoms with Gasteiger partial charge in [-0.05, 0) is 26.8 Å². The third-order valence-corrected chi connectivity index (χ3v) is 3.08. The number of aromatic nitrogens is 1. The molecule has 0 unspecified atom stereocenters. The monoisotopic (exact) mass is 225 g/mol. The van der Waals surface area contributed by atoms with Crippen LogP contribution in [0, 0.1) is 6.92 Å². The second kappa shape index (κ2) is 2.95. The topological polar surface area (TPSA) is 39.1 Å². The van der Waals surface area contributed by atoms with Crippen molar-refractivity contribution < 1.29 is 4.79 Å². The van der Waals surface area contributed by atoms with Gasteiger partial charge in [0, 0.05) is 12.0 Å². The Bertz CT molecular complexity index is 514. The van der Waals surface area contributed by atoms with E-state index in [4.69, 9.17) is 11.6 Å². The predicted octanol–water partition coefficient (Wildman–Crippen LogP) is 2.13. The number of Topliss-reactive ketones (excluding diaryl/α,β-unsaturated/α-hetero) is 1. The summed E-state index contributed by atoms with van der Waals surface area (Å²) in [5.41, 5.74) is 0.355. The number of carbonyl (C=O) groups excluding carboxylic acids is 1. The largest absolute Gasteiger partial charge is 0.298 e. The van der Waals surface area contributed by atoms with Gasteiger partial charge in [0.25, 0.3) is 5.56 Å². The summed E-state index contributed by atoms with van der Waals surface area (Å²) in [6.07, 6.45) is 0.339. The molecule has 2 rings (SSSR count). The first-order valence-corrected chi connectivity index (χ1v) is 5.18.